The lowest BCUT2D eigenvalue weighted by molar-refractivity contribution is -0.145. The van der Waals surface area contributed by atoms with E-state index in [1.54, 1.807) is 7.11 Å². The third-order valence-electron chi connectivity index (χ3n) is 5.68. The third kappa shape index (κ3) is 4.05. The summed E-state index contributed by atoms with van der Waals surface area (Å²) >= 11 is 0. The van der Waals surface area contributed by atoms with Crippen molar-refractivity contribution in [2.45, 2.75) is 37.4 Å². The molecule has 0 bridgehead atoms. The summed E-state index contributed by atoms with van der Waals surface area (Å²) in [6, 6.07) is 5.52. The summed E-state index contributed by atoms with van der Waals surface area (Å²) in [6.45, 7) is 3.98. The van der Waals surface area contributed by atoms with Crippen LogP contribution in [0.25, 0.3) is 0 Å². The van der Waals surface area contributed by atoms with E-state index in [4.69, 9.17) is 18.9 Å². The number of nitrogens with one attached hydrogen (secondary N) is 1. The van der Waals surface area contributed by atoms with E-state index in [0.29, 0.717) is 32.1 Å². The van der Waals surface area contributed by atoms with Crippen LogP contribution in [0.4, 0.5) is 5.69 Å². The number of carbonyl (C=O) groups is 1. The molecule has 1 N–H and O–H groups in total. The highest BCUT2D eigenvalue weighted by Crippen LogP contribution is 2.37. The van der Waals surface area contributed by atoms with Crippen LogP contribution in [0.15, 0.2) is 18.2 Å². The van der Waals surface area contributed by atoms with Gasteiger partial charge in [-0.15, -0.1) is 0 Å². The Morgan fingerprint density at radius 1 is 1.22 bits per heavy atom. The molecule has 2 atom stereocenters. The van der Waals surface area contributed by atoms with Gasteiger partial charge in [-0.05, 0) is 31.4 Å². The quantitative estimate of drug-likeness (QED) is 0.868. The molecule has 4 rings (SSSR count). The zero-order valence-corrected chi connectivity index (χ0v) is 15.9. The molecule has 1 spiro atoms. The predicted octanol–water partition coefficient (Wildman–Crippen LogP) is 2.06. The molecule has 1 aromatic carbocycles. The molecule has 1 amide bonds. The summed E-state index contributed by atoms with van der Waals surface area (Å²) < 4.78 is 23.0. The van der Waals surface area contributed by atoms with Gasteiger partial charge in [-0.25, -0.2) is 0 Å². The van der Waals surface area contributed by atoms with Crippen molar-refractivity contribution < 1.29 is 23.7 Å². The molecule has 0 radical (unpaired) electrons. The Kier molecular flexibility index (Phi) is 5.52. The maximum atomic E-state index is 12.5. The SMILES string of the molecule is CO[C@@H]1CN(CC(=O)Nc2ccc3c(c2)OCCCO3)CC[C@@]12CCCO2. The molecule has 2 saturated heterocycles. The molecule has 148 valence electrons. The number of rotatable bonds is 4. The minimum atomic E-state index is -0.157. The summed E-state index contributed by atoms with van der Waals surface area (Å²) in [5, 5.41) is 2.97. The van der Waals surface area contributed by atoms with E-state index >= 15 is 0 Å². The average Bonchev–Trinajstić information content (AvgIpc) is 3.01. The number of methoxy groups -OCH3 is 1. The Hall–Kier alpha value is -1.83. The van der Waals surface area contributed by atoms with E-state index in [-0.39, 0.29) is 17.6 Å². The second kappa shape index (κ2) is 8.04. The summed E-state index contributed by atoms with van der Waals surface area (Å²) in [4.78, 5) is 14.7. The predicted molar refractivity (Wildman–Crippen MR) is 100 cm³/mol. The van der Waals surface area contributed by atoms with E-state index in [9.17, 15) is 4.79 Å². The van der Waals surface area contributed by atoms with E-state index in [2.05, 4.69) is 10.2 Å². The molecule has 2 fully saturated rings. The fourth-order valence-electron chi connectivity index (χ4n) is 4.25. The molecule has 3 aliphatic rings. The first-order valence-electron chi connectivity index (χ1n) is 9.77. The van der Waals surface area contributed by atoms with Gasteiger partial charge in [0, 0.05) is 45.0 Å². The number of amides is 1. The zero-order chi connectivity index (χ0) is 18.7. The van der Waals surface area contributed by atoms with Crippen molar-refractivity contribution in [2.75, 3.05) is 51.9 Å². The second-order valence-corrected chi connectivity index (χ2v) is 7.49. The highest BCUT2D eigenvalue weighted by atomic mass is 16.6. The van der Waals surface area contributed by atoms with Crippen LogP contribution < -0.4 is 14.8 Å². The summed E-state index contributed by atoms with van der Waals surface area (Å²) in [5.74, 6) is 1.37. The minimum Gasteiger partial charge on any atom is -0.490 e. The maximum absolute atomic E-state index is 12.5. The number of benzene rings is 1. The fraction of sp³-hybridized carbons (Fsp3) is 0.650. The molecule has 0 unspecified atom stereocenters. The van der Waals surface area contributed by atoms with Crippen molar-refractivity contribution in [3.05, 3.63) is 18.2 Å². The van der Waals surface area contributed by atoms with Crippen LogP contribution in [0.3, 0.4) is 0 Å². The maximum Gasteiger partial charge on any atom is 0.238 e. The Morgan fingerprint density at radius 3 is 2.85 bits per heavy atom. The van der Waals surface area contributed by atoms with Crippen LogP contribution in [0.5, 0.6) is 11.5 Å². The van der Waals surface area contributed by atoms with Crippen molar-refractivity contribution in [1.29, 1.82) is 0 Å². The van der Waals surface area contributed by atoms with Gasteiger partial charge in [-0.3, -0.25) is 9.69 Å². The number of anilines is 1. The van der Waals surface area contributed by atoms with Gasteiger partial charge >= 0.3 is 0 Å². The van der Waals surface area contributed by atoms with Crippen molar-refractivity contribution in [3.63, 3.8) is 0 Å². The van der Waals surface area contributed by atoms with Gasteiger partial charge in [-0.2, -0.15) is 0 Å². The molecule has 27 heavy (non-hydrogen) atoms. The molecule has 0 aromatic heterocycles. The van der Waals surface area contributed by atoms with Crippen LogP contribution in [0.2, 0.25) is 0 Å². The number of hydrogen-bond acceptors (Lipinski definition) is 6. The highest BCUT2D eigenvalue weighted by molar-refractivity contribution is 5.92. The van der Waals surface area contributed by atoms with Crippen LogP contribution in [-0.2, 0) is 14.3 Å². The number of nitrogens with zero attached hydrogens (tertiary/aromatic N) is 1. The monoisotopic (exact) mass is 376 g/mol. The van der Waals surface area contributed by atoms with Gasteiger partial charge in [0.1, 0.15) is 0 Å². The molecule has 3 heterocycles. The molecular weight excluding hydrogens is 348 g/mol. The molecule has 3 aliphatic heterocycles. The van der Waals surface area contributed by atoms with Gasteiger partial charge in [0.25, 0.3) is 0 Å². The number of hydrogen-bond donors (Lipinski definition) is 1. The van der Waals surface area contributed by atoms with Crippen LogP contribution >= 0.6 is 0 Å². The largest absolute Gasteiger partial charge is 0.490 e. The Labute approximate surface area is 159 Å². The van der Waals surface area contributed by atoms with E-state index in [1.807, 2.05) is 18.2 Å². The Bertz CT molecular complexity index is 674. The first kappa shape index (κ1) is 18.5. The van der Waals surface area contributed by atoms with Crippen molar-refractivity contribution in [2.24, 2.45) is 0 Å². The van der Waals surface area contributed by atoms with Crippen molar-refractivity contribution in [3.8, 4) is 11.5 Å². The molecular formula is C20H28N2O5. The van der Waals surface area contributed by atoms with Crippen molar-refractivity contribution >= 4 is 11.6 Å². The molecule has 0 saturated carbocycles. The Balaban J connectivity index is 1.34. The molecule has 1 aromatic rings. The van der Waals surface area contributed by atoms with Gasteiger partial charge in [0.05, 0.1) is 31.5 Å². The highest BCUT2D eigenvalue weighted by Gasteiger charge is 2.46. The lowest BCUT2D eigenvalue weighted by atomic mass is 9.86. The van der Waals surface area contributed by atoms with E-state index in [0.717, 1.165) is 50.3 Å². The number of ether oxygens (including phenoxy) is 4. The average molecular weight is 376 g/mol. The van der Waals surface area contributed by atoms with Gasteiger partial charge < -0.3 is 24.3 Å². The first-order chi connectivity index (χ1) is 13.2. The molecule has 7 nitrogen and oxygen atoms in total. The van der Waals surface area contributed by atoms with E-state index in [1.165, 1.54) is 0 Å². The summed E-state index contributed by atoms with van der Waals surface area (Å²) in [5.41, 5.74) is 0.566. The number of likely N-dealkylation sites (tertiary alicyclic amines) is 1. The third-order valence-corrected chi connectivity index (χ3v) is 5.68. The van der Waals surface area contributed by atoms with Gasteiger partial charge in [0.2, 0.25) is 5.91 Å². The van der Waals surface area contributed by atoms with Crippen LogP contribution in [-0.4, -0.2) is 69.1 Å². The normalized spacial score (nSPS) is 28.1. The molecule has 0 aliphatic carbocycles. The lowest BCUT2D eigenvalue weighted by Gasteiger charge is -2.44. The summed E-state index contributed by atoms with van der Waals surface area (Å²) in [6.07, 6.45) is 3.91. The first-order valence-corrected chi connectivity index (χ1v) is 9.77. The van der Waals surface area contributed by atoms with Crippen LogP contribution in [0, 0.1) is 0 Å². The number of piperidine rings is 1. The molecule has 7 heteroatoms. The van der Waals surface area contributed by atoms with Crippen LogP contribution in [0.1, 0.15) is 25.7 Å². The Morgan fingerprint density at radius 2 is 2.07 bits per heavy atom. The number of fused-ring (bicyclic) bond motifs is 1. The lowest BCUT2D eigenvalue weighted by Crippen LogP contribution is -2.57. The summed E-state index contributed by atoms with van der Waals surface area (Å²) in [7, 11) is 1.73. The van der Waals surface area contributed by atoms with E-state index < -0.39 is 0 Å². The van der Waals surface area contributed by atoms with Gasteiger partial charge in [0.15, 0.2) is 11.5 Å². The topological polar surface area (TPSA) is 69.3 Å². The van der Waals surface area contributed by atoms with Crippen molar-refractivity contribution in [1.82, 2.24) is 4.90 Å². The van der Waals surface area contributed by atoms with Gasteiger partial charge in [-0.1, -0.05) is 0 Å². The smallest absolute Gasteiger partial charge is 0.238 e. The number of carbonyl (C=O) groups excluding carboxylic acids is 1. The minimum absolute atomic E-state index is 0.0135. The zero-order valence-electron chi connectivity index (χ0n) is 15.9. The fourth-order valence-corrected chi connectivity index (χ4v) is 4.25. The second-order valence-electron chi connectivity index (χ2n) is 7.49. The standard InChI is InChI=1S/C20H28N2O5/c1-24-18-13-22(8-7-20(18)6-2-11-27-20)14-19(23)21-15-4-5-16-17(12-15)26-10-3-9-25-16/h4-5,12,18H,2-3,6-11,13-14H2,1H3,(H,21,23)/t18-,20+/m1/s1.